The molecule has 0 bridgehead atoms. The minimum Gasteiger partial charge on any atom is -0.293 e. The maximum absolute atomic E-state index is 11.7. The molecule has 0 aromatic heterocycles. The highest BCUT2D eigenvalue weighted by atomic mass is 79.9. The monoisotopic (exact) mass is 452 g/mol. The van der Waals surface area contributed by atoms with E-state index in [0.717, 1.165) is 5.33 Å². The highest BCUT2D eigenvalue weighted by molar-refractivity contribution is 9.09. The lowest BCUT2D eigenvalue weighted by atomic mass is 10.1. The second-order valence-corrected chi connectivity index (χ2v) is 6.71. The zero-order valence-electron chi connectivity index (χ0n) is 16.0. The van der Waals surface area contributed by atoms with Gasteiger partial charge in [0.25, 0.3) is 0 Å². The van der Waals surface area contributed by atoms with E-state index in [4.69, 9.17) is 19.6 Å². The molecular formula is C21H25BrO6. The number of benzene rings is 2. The molecule has 0 heterocycles. The molecule has 6 nitrogen and oxygen atoms in total. The number of hydrogen-bond acceptors (Lipinski definition) is 6. The van der Waals surface area contributed by atoms with Crippen LogP contribution in [0, 0.1) is 5.92 Å². The van der Waals surface area contributed by atoms with E-state index in [2.05, 4.69) is 15.9 Å². The molecule has 0 aliphatic rings. The Hall–Kier alpha value is -2.22. The summed E-state index contributed by atoms with van der Waals surface area (Å²) < 4.78 is 0. The van der Waals surface area contributed by atoms with Crippen molar-refractivity contribution in [3.05, 3.63) is 71.8 Å². The predicted molar refractivity (Wildman–Crippen MR) is 109 cm³/mol. The lowest BCUT2D eigenvalue weighted by Gasteiger charge is -2.13. The number of carbonyl (C=O) groups is 2. The molecule has 0 saturated carbocycles. The van der Waals surface area contributed by atoms with Gasteiger partial charge in [0.2, 0.25) is 0 Å². The summed E-state index contributed by atoms with van der Waals surface area (Å²) in [6.07, 6.45) is 0.700. The minimum atomic E-state index is -0.563. The molecule has 0 saturated heterocycles. The lowest BCUT2D eigenvalue weighted by Crippen LogP contribution is -2.19. The fourth-order valence-electron chi connectivity index (χ4n) is 1.90. The van der Waals surface area contributed by atoms with Gasteiger partial charge in [0.1, 0.15) is 0 Å². The molecule has 0 aliphatic carbocycles. The first-order valence-electron chi connectivity index (χ1n) is 8.95. The van der Waals surface area contributed by atoms with E-state index in [1.807, 2.05) is 13.8 Å². The SMILES string of the molecule is CCBr.CCC(COOC(=O)c1ccccc1)COOC(=O)c1ccccc1. The van der Waals surface area contributed by atoms with Crippen molar-refractivity contribution in [3.8, 4) is 0 Å². The number of hydrogen-bond donors (Lipinski definition) is 0. The summed E-state index contributed by atoms with van der Waals surface area (Å²) in [5.41, 5.74) is 0.812. The van der Waals surface area contributed by atoms with E-state index in [-0.39, 0.29) is 19.1 Å². The molecule has 0 unspecified atom stereocenters. The molecular weight excluding hydrogens is 428 g/mol. The summed E-state index contributed by atoms with van der Waals surface area (Å²) in [5.74, 6) is -1.22. The van der Waals surface area contributed by atoms with E-state index in [1.54, 1.807) is 60.7 Å². The third-order valence-corrected chi connectivity index (χ3v) is 3.47. The van der Waals surface area contributed by atoms with Crippen molar-refractivity contribution in [2.45, 2.75) is 20.3 Å². The lowest BCUT2D eigenvalue weighted by molar-refractivity contribution is -0.277. The average molecular weight is 453 g/mol. The maximum Gasteiger partial charge on any atom is 0.373 e. The molecule has 0 fully saturated rings. The van der Waals surface area contributed by atoms with Crippen molar-refractivity contribution in [1.29, 1.82) is 0 Å². The molecule has 0 spiro atoms. The normalized spacial score (nSPS) is 10.0. The van der Waals surface area contributed by atoms with Crippen molar-refractivity contribution in [1.82, 2.24) is 0 Å². The van der Waals surface area contributed by atoms with Crippen LogP contribution in [0.2, 0.25) is 0 Å². The summed E-state index contributed by atoms with van der Waals surface area (Å²) in [4.78, 5) is 42.9. The van der Waals surface area contributed by atoms with Crippen LogP contribution in [-0.2, 0) is 19.6 Å². The van der Waals surface area contributed by atoms with E-state index < -0.39 is 11.9 Å². The predicted octanol–water partition coefficient (Wildman–Crippen LogP) is 4.99. The van der Waals surface area contributed by atoms with Gasteiger partial charge in [-0.05, 0) is 30.7 Å². The largest absolute Gasteiger partial charge is 0.373 e. The third-order valence-electron chi connectivity index (χ3n) is 3.47. The summed E-state index contributed by atoms with van der Waals surface area (Å²) in [6, 6.07) is 17.1. The van der Waals surface area contributed by atoms with Gasteiger partial charge >= 0.3 is 11.9 Å². The molecule has 0 amide bonds. The zero-order valence-corrected chi connectivity index (χ0v) is 17.6. The maximum atomic E-state index is 11.7. The summed E-state index contributed by atoms with van der Waals surface area (Å²) in [6.45, 7) is 4.24. The van der Waals surface area contributed by atoms with Crippen LogP contribution in [0.5, 0.6) is 0 Å². The minimum absolute atomic E-state index is 0.0906. The Morgan fingerprint density at radius 3 is 1.46 bits per heavy atom. The van der Waals surface area contributed by atoms with Crippen LogP contribution in [0.3, 0.4) is 0 Å². The third kappa shape index (κ3) is 9.64. The molecule has 2 rings (SSSR count). The van der Waals surface area contributed by atoms with Gasteiger partial charge in [-0.2, -0.15) is 9.78 Å². The Bertz CT molecular complexity index is 620. The highest BCUT2D eigenvalue weighted by Gasteiger charge is 2.14. The number of carbonyl (C=O) groups excluding carboxylic acids is 2. The van der Waals surface area contributed by atoms with Crippen LogP contribution in [0.4, 0.5) is 0 Å². The molecule has 0 N–H and O–H groups in total. The van der Waals surface area contributed by atoms with Gasteiger partial charge in [-0.25, -0.2) is 9.59 Å². The smallest absolute Gasteiger partial charge is 0.293 e. The second-order valence-electron chi connectivity index (χ2n) is 5.58. The van der Waals surface area contributed by atoms with Crippen LogP contribution >= 0.6 is 15.9 Å². The Morgan fingerprint density at radius 2 is 1.14 bits per heavy atom. The molecule has 0 radical (unpaired) electrons. The van der Waals surface area contributed by atoms with Gasteiger partial charge in [-0.15, -0.1) is 0 Å². The Labute approximate surface area is 173 Å². The summed E-state index contributed by atoms with van der Waals surface area (Å²) in [5, 5.41) is 1.06. The molecule has 0 atom stereocenters. The van der Waals surface area contributed by atoms with E-state index in [9.17, 15) is 9.59 Å². The van der Waals surface area contributed by atoms with E-state index >= 15 is 0 Å². The Balaban J connectivity index is 0.00000122. The van der Waals surface area contributed by atoms with Crippen molar-refractivity contribution < 1.29 is 29.1 Å². The van der Waals surface area contributed by atoms with Crippen molar-refractivity contribution in [3.63, 3.8) is 0 Å². The van der Waals surface area contributed by atoms with Gasteiger partial charge in [-0.1, -0.05) is 66.2 Å². The molecule has 2 aromatic rings. The number of rotatable bonds is 9. The number of alkyl halides is 1. The van der Waals surface area contributed by atoms with Gasteiger partial charge in [-0.3, -0.25) is 9.78 Å². The summed E-state index contributed by atoms with van der Waals surface area (Å²) in [7, 11) is 0. The van der Waals surface area contributed by atoms with Crippen LogP contribution in [0.25, 0.3) is 0 Å². The quantitative estimate of drug-likeness (QED) is 0.303. The Kier molecular flexibility index (Phi) is 12.6. The van der Waals surface area contributed by atoms with Crippen molar-refractivity contribution in [2.24, 2.45) is 5.92 Å². The van der Waals surface area contributed by atoms with Crippen molar-refractivity contribution in [2.75, 3.05) is 18.5 Å². The molecule has 7 heteroatoms. The van der Waals surface area contributed by atoms with Crippen LogP contribution < -0.4 is 0 Å². The van der Waals surface area contributed by atoms with E-state index in [1.165, 1.54) is 0 Å². The van der Waals surface area contributed by atoms with Crippen molar-refractivity contribution >= 4 is 27.9 Å². The van der Waals surface area contributed by atoms with Gasteiger partial charge < -0.3 is 0 Å². The van der Waals surface area contributed by atoms with Gasteiger partial charge in [0, 0.05) is 11.2 Å². The standard InChI is InChI=1S/C19H20O6.C2H5Br/c1-2-15(13-22-24-18(20)16-9-5-3-6-10-16)14-23-25-19(21)17-11-7-4-8-12-17;1-2-3/h3-12,15H,2,13-14H2,1H3;2H2,1H3. The average Bonchev–Trinajstić information content (AvgIpc) is 2.74. The summed E-state index contributed by atoms with van der Waals surface area (Å²) >= 11 is 3.15. The molecule has 0 aliphatic heterocycles. The Morgan fingerprint density at radius 1 is 0.786 bits per heavy atom. The van der Waals surface area contributed by atoms with E-state index in [0.29, 0.717) is 17.5 Å². The topological polar surface area (TPSA) is 71.1 Å². The highest BCUT2D eigenvalue weighted by Crippen LogP contribution is 2.08. The second kappa shape index (κ2) is 14.8. The zero-order chi connectivity index (χ0) is 20.6. The molecule has 2 aromatic carbocycles. The fraction of sp³-hybridized carbons (Fsp3) is 0.333. The van der Waals surface area contributed by atoms with Crippen LogP contribution in [-0.4, -0.2) is 30.5 Å². The first kappa shape index (κ1) is 23.8. The first-order valence-corrected chi connectivity index (χ1v) is 10.1. The fourth-order valence-corrected chi connectivity index (χ4v) is 1.90. The first-order chi connectivity index (χ1) is 13.6. The van der Waals surface area contributed by atoms with Gasteiger partial charge in [0.05, 0.1) is 24.3 Å². The van der Waals surface area contributed by atoms with Gasteiger partial charge in [0.15, 0.2) is 0 Å². The number of halogens is 1. The molecule has 28 heavy (non-hydrogen) atoms. The van der Waals surface area contributed by atoms with Crippen LogP contribution in [0.15, 0.2) is 60.7 Å². The molecule has 152 valence electrons. The van der Waals surface area contributed by atoms with Crippen LogP contribution in [0.1, 0.15) is 41.0 Å².